The molecule has 0 spiro atoms. The molecule has 0 aromatic carbocycles. The first-order valence-corrected chi connectivity index (χ1v) is 9.07. The number of piperidine rings is 1. The summed E-state index contributed by atoms with van der Waals surface area (Å²) in [4.78, 5) is 2.50. The molecule has 0 aromatic rings. The van der Waals surface area contributed by atoms with E-state index in [1.165, 1.54) is 51.6 Å². The van der Waals surface area contributed by atoms with Crippen LogP contribution in [0.25, 0.3) is 0 Å². The lowest BCUT2D eigenvalue weighted by atomic mass is 9.97. The highest BCUT2D eigenvalue weighted by molar-refractivity contribution is 7.87. The van der Waals surface area contributed by atoms with Crippen molar-refractivity contribution in [2.75, 3.05) is 26.2 Å². The molecule has 1 saturated carbocycles. The molecule has 1 atom stereocenters. The summed E-state index contributed by atoms with van der Waals surface area (Å²) >= 11 is 0. The van der Waals surface area contributed by atoms with Crippen LogP contribution in [0.5, 0.6) is 0 Å². The minimum absolute atomic E-state index is 0.413. The minimum Gasteiger partial charge on any atom is -0.303 e. The maximum Gasteiger partial charge on any atom is 0.274 e. The Kier molecular flexibility index (Phi) is 5.62. The Morgan fingerprint density at radius 1 is 1.11 bits per heavy atom. The van der Waals surface area contributed by atoms with Crippen molar-refractivity contribution in [3.8, 4) is 0 Å². The third-order valence-corrected chi connectivity index (χ3v) is 5.07. The van der Waals surface area contributed by atoms with Crippen LogP contribution in [0.2, 0.25) is 0 Å². The molecule has 5 nitrogen and oxygen atoms in total. The number of rotatable bonds is 6. The van der Waals surface area contributed by atoms with Crippen LogP contribution in [-0.2, 0) is 10.2 Å². The van der Waals surface area contributed by atoms with Gasteiger partial charge in [0.25, 0.3) is 10.2 Å². The quantitative estimate of drug-likeness (QED) is 0.768. The molecule has 0 amide bonds. The zero-order valence-electron chi connectivity index (χ0n) is 11.7. The van der Waals surface area contributed by atoms with Crippen LogP contribution in [-0.4, -0.2) is 39.5 Å². The SMILES string of the molecule is NS(=O)(=O)NC[C@H]1CCCN(CCC2CCCC2)C1. The molecule has 2 rings (SSSR count). The van der Waals surface area contributed by atoms with E-state index in [0.717, 1.165) is 18.9 Å². The fourth-order valence-corrected chi connectivity index (χ4v) is 3.89. The molecule has 112 valence electrons. The lowest BCUT2D eigenvalue weighted by Gasteiger charge is -2.33. The molecule has 0 bridgehead atoms. The molecule has 1 aliphatic heterocycles. The fraction of sp³-hybridized carbons (Fsp3) is 1.00. The van der Waals surface area contributed by atoms with Gasteiger partial charge in [-0.15, -0.1) is 0 Å². The predicted octanol–water partition coefficient (Wildman–Crippen LogP) is 1.07. The Morgan fingerprint density at radius 3 is 2.47 bits per heavy atom. The van der Waals surface area contributed by atoms with E-state index in [-0.39, 0.29) is 0 Å². The van der Waals surface area contributed by atoms with Crippen molar-refractivity contribution < 1.29 is 8.42 Å². The molecule has 0 unspecified atom stereocenters. The second-order valence-corrected chi connectivity index (χ2v) is 7.52. The largest absolute Gasteiger partial charge is 0.303 e. The van der Waals surface area contributed by atoms with Crippen LogP contribution in [0.1, 0.15) is 44.9 Å². The molecule has 3 N–H and O–H groups in total. The lowest BCUT2D eigenvalue weighted by Crippen LogP contribution is -2.42. The van der Waals surface area contributed by atoms with Crippen LogP contribution < -0.4 is 9.86 Å². The summed E-state index contributed by atoms with van der Waals surface area (Å²) in [6, 6.07) is 0. The maximum absolute atomic E-state index is 10.9. The number of hydrogen-bond acceptors (Lipinski definition) is 3. The van der Waals surface area contributed by atoms with Gasteiger partial charge in [0, 0.05) is 13.1 Å². The molecule has 1 heterocycles. The minimum atomic E-state index is -3.53. The molecule has 19 heavy (non-hydrogen) atoms. The van der Waals surface area contributed by atoms with Crippen molar-refractivity contribution >= 4 is 10.2 Å². The monoisotopic (exact) mass is 289 g/mol. The van der Waals surface area contributed by atoms with Crippen molar-refractivity contribution in [3.05, 3.63) is 0 Å². The van der Waals surface area contributed by atoms with Gasteiger partial charge < -0.3 is 4.90 Å². The smallest absolute Gasteiger partial charge is 0.274 e. The van der Waals surface area contributed by atoms with Gasteiger partial charge >= 0.3 is 0 Å². The van der Waals surface area contributed by atoms with Gasteiger partial charge in [0.2, 0.25) is 0 Å². The molecule has 0 radical (unpaired) electrons. The van der Waals surface area contributed by atoms with E-state index in [0.29, 0.717) is 12.5 Å². The van der Waals surface area contributed by atoms with Crippen LogP contribution >= 0.6 is 0 Å². The maximum atomic E-state index is 10.9. The molecule has 0 aromatic heterocycles. The van der Waals surface area contributed by atoms with Gasteiger partial charge in [-0.3, -0.25) is 0 Å². The Morgan fingerprint density at radius 2 is 1.79 bits per heavy atom. The lowest BCUT2D eigenvalue weighted by molar-refractivity contribution is 0.166. The summed E-state index contributed by atoms with van der Waals surface area (Å²) in [7, 11) is -3.53. The predicted molar refractivity (Wildman–Crippen MR) is 76.8 cm³/mol. The van der Waals surface area contributed by atoms with E-state index in [9.17, 15) is 8.42 Å². The van der Waals surface area contributed by atoms with Crippen LogP contribution in [0.15, 0.2) is 0 Å². The van der Waals surface area contributed by atoms with Gasteiger partial charge in [0.05, 0.1) is 0 Å². The highest BCUT2D eigenvalue weighted by atomic mass is 32.2. The van der Waals surface area contributed by atoms with Gasteiger partial charge in [-0.1, -0.05) is 25.7 Å². The molecular weight excluding hydrogens is 262 g/mol. The van der Waals surface area contributed by atoms with Crippen LogP contribution in [0.4, 0.5) is 0 Å². The first-order chi connectivity index (χ1) is 9.03. The van der Waals surface area contributed by atoms with Crippen molar-refractivity contribution in [3.63, 3.8) is 0 Å². The number of hydrogen-bond donors (Lipinski definition) is 2. The Bertz CT molecular complexity index is 366. The highest BCUT2D eigenvalue weighted by Gasteiger charge is 2.22. The van der Waals surface area contributed by atoms with Crippen LogP contribution in [0.3, 0.4) is 0 Å². The van der Waals surface area contributed by atoms with E-state index >= 15 is 0 Å². The van der Waals surface area contributed by atoms with Gasteiger partial charge in [-0.2, -0.15) is 8.42 Å². The van der Waals surface area contributed by atoms with Gasteiger partial charge in [-0.25, -0.2) is 9.86 Å². The molecule has 6 heteroatoms. The van der Waals surface area contributed by atoms with Crippen molar-refractivity contribution in [2.45, 2.75) is 44.9 Å². The summed E-state index contributed by atoms with van der Waals surface area (Å²) in [6.07, 6.45) is 9.21. The summed E-state index contributed by atoms with van der Waals surface area (Å²) in [5.74, 6) is 1.35. The van der Waals surface area contributed by atoms with Crippen molar-refractivity contribution in [1.82, 2.24) is 9.62 Å². The molecule has 1 saturated heterocycles. The number of nitrogens with zero attached hydrogens (tertiary/aromatic N) is 1. The van der Waals surface area contributed by atoms with Crippen molar-refractivity contribution in [2.24, 2.45) is 17.0 Å². The third-order valence-electron chi connectivity index (χ3n) is 4.50. The number of nitrogens with one attached hydrogen (secondary N) is 1. The summed E-state index contributed by atoms with van der Waals surface area (Å²) < 4.78 is 24.2. The van der Waals surface area contributed by atoms with E-state index < -0.39 is 10.2 Å². The van der Waals surface area contributed by atoms with Gasteiger partial charge in [0.1, 0.15) is 0 Å². The zero-order valence-corrected chi connectivity index (χ0v) is 12.5. The molecular formula is C13H27N3O2S. The normalized spacial score (nSPS) is 26.9. The van der Waals surface area contributed by atoms with Crippen LogP contribution in [0, 0.1) is 11.8 Å². The number of nitrogens with two attached hydrogens (primary N) is 1. The third kappa shape index (κ3) is 5.77. The Hall–Kier alpha value is -0.170. The topological polar surface area (TPSA) is 75.4 Å². The van der Waals surface area contributed by atoms with E-state index in [1.807, 2.05) is 0 Å². The number of likely N-dealkylation sites (tertiary alicyclic amines) is 1. The summed E-state index contributed by atoms with van der Waals surface area (Å²) in [6.45, 7) is 3.84. The fourth-order valence-electron chi connectivity index (χ4n) is 3.42. The van der Waals surface area contributed by atoms with Gasteiger partial charge in [-0.05, 0) is 44.2 Å². The second-order valence-electron chi connectivity index (χ2n) is 6.14. The van der Waals surface area contributed by atoms with E-state index in [4.69, 9.17) is 5.14 Å². The summed E-state index contributed by atoms with van der Waals surface area (Å²) in [5.41, 5.74) is 0. The van der Waals surface area contributed by atoms with Crippen molar-refractivity contribution in [1.29, 1.82) is 0 Å². The van der Waals surface area contributed by atoms with Gasteiger partial charge in [0.15, 0.2) is 0 Å². The Balaban J connectivity index is 1.67. The average Bonchev–Trinajstić information content (AvgIpc) is 2.87. The second kappa shape index (κ2) is 7.02. The molecule has 1 aliphatic carbocycles. The zero-order chi connectivity index (χ0) is 13.7. The van der Waals surface area contributed by atoms with E-state index in [1.54, 1.807) is 0 Å². The van der Waals surface area contributed by atoms with E-state index in [2.05, 4.69) is 9.62 Å². The first kappa shape index (κ1) is 15.2. The summed E-state index contributed by atoms with van der Waals surface area (Å²) in [5, 5.41) is 4.98. The first-order valence-electron chi connectivity index (χ1n) is 7.52. The standard InChI is InChI=1S/C13H27N3O2S/c14-19(17,18)15-10-13-6-3-8-16(11-13)9-7-12-4-1-2-5-12/h12-13,15H,1-11H2,(H2,14,17,18)/t13-/m1/s1. The average molecular weight is 289 g/mol. The Labute approximate surface area is 117 Å². The molecule has 2 aliphatic rings. The molecule has 2 fully saturated rings. The highest BCUT2D eigenvalue weighted by Crippen LogP contribution is 2.28.